The Bertz CT molecular complexity index is 1270. The normalized spacial score (nSPS) is 18.8. The Morgan fingerprint density at radius 2 is 2.17 bits per heavy atom. The van der Waals surface area contributed by atoms with Crippen LogP contribution in [0.5, 0.6) is 11.5 Å². The van der Waals surface area contributed by atoms with E-state index in [1.54, 1.807) is 30.6 Å². The van der Waals surface area contributed by atoms with Crippen LogP contribution in [0.25, 0.3) is 11.3 Å². The van der Waals surface area contributed by atoms with Crippen molar-refractivity contribution in [3.63, 3.8) is 0 Å². The van der Waals surface area contributed by atoms with Gasteiger partial charge in [-0.15, -0.1) is 0 Å². The quantitative estimate of drug-likeness (QED) is 0.457. The molecule has 0 saturated carbocycles. The smallest absolute Gasteiger partial charge is 0.255 e. The van der Waals surface area contributed by atoms with E-state index in [0.717, 1.165) is 5.69 Å². The fourth-order valence-electron chi connectivity index (χ4n) is 4.36. The van der Waals surface area contributed by atoms with Crippen molar-refractivity contribution < 1.29 is 28.1 Å². The van der Waals surface area contributed by atoms with Crippen molar-refractivity contribution in [2.24, 2.45) is 0 Å². The van der Waals surface area contributed by atoms with Crippen LogP contribution in [0.1, 0.15) is 29.9 Å². The summed E-state index contributed by atoms with van der Waals surface area (Å²) in [5.41, 5.74) is 3.15. The van der Waals surface area contributed by atoms with Gasteiger partial charge in [0.15, 0.2) is 11.6 Å². The fourth-order valence-corrected chi connectivity index (χ4v) is 4.36. The Hall–Kier alpha value is -3.63. The molecule has 5 rings (SSSR count). The van der Waals surface area contributed by atoms with Gasteiger partial charge in [0.05, 0.1) is 54.8 Å². The number of rotatable bonds is 7. The molecule has 36 heavy (non-hydrogen) atoms. The third-order valence-electron chi connectivity index (χ3n) is 6.20. The minimum atomic E-state index is -0.510. The minimum Gasteiger partial charge on any atom is -0.492 e. The van der Waals surface area contributed by atoms with Gasteiger partial charge in [-0.25, -0.2) is 4.39 Å². The van der Waals surface area contributed by atoms with Crippen molar-refractivity contribution in [1.82, 2.24) is 15.3 Å². The van der Waals surface area contributed by atoms with Crippen molar-refractivity contribution in [3.8, 4) is 22.8 Å². The number of anilines is 2. The number of amides is 1. The fraction of sp³-hybridized carbons (Fsp3) is 0.385. The van der Waals surface area contributed by atoms with Gasteiger partial charge >= 0.3 is 0 Å². The number of para-hydroxylation sites is 1. The van der Waals surface area contributed by atoms with Gasteiger partial charge in [-0.05, 0) is 32.0 Å². The number of aromatic amines is 1. The number of ether oxygens (including phenoxy) is 4. The first-order chi connectivity index (χ1) is 17.4. The second-order valence-electron chi connectivity index (χ2n) is 9.37. The summed E-state index contributed by atoms with van der Waals surface area (Å²) >= 11 is 0. The van der Waals surface area contributed by atoms with E-state index in [9.17, 15) is 9.18 Å². The number of methoxy groups -OCH3 is 1. The van der Waals surface area contributed by atoms with E-state index in [4.69, 9.17) is 18.9 Å². The molecule has 10 heteroatoms. The second-order valence-corrected chi connectivity index (χ2v) is 9.37. The highest BCUT2D eigenvalue weighted by Gasteiger charge is 2.31. The van der Waals surface area contributed by atoms with E-state index in [1.165, 1.54) is 13.2 Å². The number of carbonyl (C=O) groups is 1. The third-order valence-corrected chi connectivity index (χ3v) is 6.20. The van der Waals surface area contributed by atoms with Crippen molar-refractivity contribution in [2.75, 3.05) is 38.8 Å². The van der Waals surface area contributed by atoms with Crippen LogP contribution >= 0.6 is 0 Å². The number of pyridine rings is 1. The largest absolute Gasteiger partial charge is 0.492 e. The third kappa shape index (κ3) is 4.74. The van der Waals surface area contributed by atoms with E-state index < -0.39 is 5.82 Å². The van der Waals surface area contributed by atoms with Gasteiger partial charge in [0, 0.05) is 30.4 Å². The molecule has 2 aliphatic heterocycles. The van der Waals surface area contributed by atoms with Crippen molar-refractivity contribution in [1.29, 1.82) is 0 Å². The molecular weight excluding hydrogens is 467 g/mol. The van der Waals surface area contributed by atoms with Crippen LogP contribution < -0.4 is 20.1 Å². The predicted molar refractivity (Wildman–Crippen MR) is 132 cm³/mol. The molecule has 190 valence electrons. The molecule has 1 atom stereocenters. The molecule has 2 aliphatic rings. The van der Waals surface area contributed by atoms with Crippen molar-refractivity contribution in [2.45, 2.75) is 32.0 Å². The van der Waals surface area contributed by atoms with Gasteiger partial charge in [-0.2, -0.15) is 0 Å². The first-order valence-corrected chi connectivity index (χ1v) is 11.8. The molecule has 9 nitrogen and oxygen atoms in total. The number of carbonyl (C=O) groups excluding carboxylic acids is 1. The summed E-state index contributed by atoms with van der Waals surface area (Å²) in [6.07, 6.45) is 3.68. The summed E-state index contributed by atoms with van der Waals surface area (Å²) < 4.78 is 37.5. The predicted octanol–water partition coefficient (Wildman–Crippen LogP) is 3.83. The number of nitrogens with zero attached hydrogens (tertiary/aromatic N) is 1. The maximum atomic E-state index is 14.4. The summed E-state index contributed by atoms with van der Waals surface area (Å²) in [5, 5.41) is 6.11. The van der Waals surface area contributed by atoms with Crippen LogP contribution in [0.2, 0.25) is 0 Å². The van der Waals surface area contributed by atoms with E-state index in [1.807, 2.05) is 13.8 Å². The summed E-state index contributed by atoms with van der Waals surface area (Å²) in [6, 6.07) is 6.39. The minimum absolute atomic E-state index is 0.0539. The standard InChI is InChI=1S/C26H29FN4O5/c1-26(2)14-35-15(13-36-26)12-34-20-11-28-9-7-16(20)22-23(21-18(30-22)8-10-29-25(21)32)31-19-6-4-5-17(27)24(19)33-3/h4-7,9,11,15,30-31H,8,10,12-14H2,1-3H3,(H,29,32)/t15-/m1/s1. The number of halogens is 1. The van der Waals surface area contributed by atoms with Crippen molar-refractivity contribution in [3.05, 3.63) is 53.7 Å². The van der Waals surface area contributed by atoms with Gasteiger partial charge in [0.1, 0.15) is 18.5 Å². The lowest BCUT2D eigenvalue weighted by Crippen LogP contribution is -2.44. The summed E-state index contributed by atoms with van der Waals surface area (Å²) in [7, 11) is 1.40. The highest BCUT2D eigenvalue weighted by atomic mass is 19.1. The molecule has 1 amide bonds. The first kappa shape index (κ1) is 24.1. The number of hydrogen-bond acceptors (Lipinski definition) is 7. The average molecular weight is 497 g/mol. The molecule has 1 aromatic carbocycles. The zero-order chi connectivity index (χ0) is 25.3. The lowest BCUT2D eigenvalue weighted by Gasteiger charge is -2.34. The van der Waals surface area contributed by atoms with Crippen LogP contribution in [-0.4, -0.2) is 61.1 Å². The van der Waals surface area contributed by atoms with Gasteiger partial charge in [-0.3, -0.25) is 9.78 Å². The van der Waals surface area contributed by atoms with Crippen LogP contribution in [-0.2, 0) is 15.9 Å². The topological polar surface area (TPSA) is 107 Å². The van der Waals surface area contributed by atoms with Gasteiger partial charge in [0.2, 0.25) is 0 Å². The molecule has 3 N–H and O–H groups in total. The molecule has 3 aromatic rings. The Morgan fingerprint density at radius 1 is 1.31 bits per heavy atom. The van der Waals surface area contributed by atoms with Gasteiger partial charge < -0.3 is 34.6 Å². The van der Waals surface area contributed by atoms with Crippen LogP contribution in [0, 0.1) is 5.82 Å². The van der Waals surface area contributed by atoms with Crippen LogP contribution in [0.15, 0.2) is 36.7 Å². The van der Waals surface area contributed by atoms with E-state index in [-0.39, 0.29) is 30.0 Å². The molecule has 1 saturated heterocycles. The second kappa shape index (κ2) is 9.79. The molecule has 4 heterocycles. The monoisotopic (exact) mass is 496 g/mol. The van der Waals surface area contributed by atoms with Crippen LogP contribution in [0.4, 0.5) is 15.8 Å². The van der Waals surface area contributed by atoms with E-state index >= 15 is 0 Å². The Kier molecular flexibility index (Phi) is 6.55. The molecular formula is C26H29FN4O5. The highest BCUT2D eigenvalue weighted by Crippen LogP contribution is 2.42. The number of fused-ring (bicyclic) bond motifs is 1. The number of nitrogens with one attached hydrogen (secondary N) is 3. The number of H-pyrrole nitrogens is 1. The number of hydrogen-bond donors (Lipinski definition) is 3. The average Bonchev–Trinajstić information content (AvgIpc) is 3.23. The molecule has 0 bridgehead atoms. The molecule has 0 spiro atoms. The SMILES string of the molecule is COc1c(F)cccc1Nc1c(-c2ccncc2OC[C@@H]2COC(C)(C)CO2)[nH]c2c1C(=O)NCC2. The lowest BCUT2D eigenvalue weighted by atomic mass is 10.0. The Labute approximate surface area is 208 Å². The maximum absolute atomic E-state index is 14.4. The highest BCUT2D eigenvalue weighted by molar-refractivity contribution is 6.06. The lowest BCUT2D eigenvalue weighted by molar-refractivity contribution is -0.181. The molecule has 0 aliphatic carbocycles. The Balaban J connectivity index is 1.50. The Morgan fingerprint density at radius 3 is 2.94 bits per heavy atom. The van der Waals surface area contributed by atoms with Gasteiger partial charge in [-0.1, -0.05) is 6.07 Å². The molecule has 1 fully saturated rings. The number of benzene rings is 1. The maximum Gasteiger partial charge on any atom is 0.255 e. The van der Waals surface area contributed by atoms with E-state index in [0.29, 0.717) is 60.1 Å². The molecule has 2 aromatic heterocycles. The van der Waals surface area contributed by atoms with E-state index in [2.05, 4.69) is 20.6 Å². The summed E-state index contributed by atoms with van der Waals surface area (Å²) in [5.74, 6) is -0.162. The zero-order valence-corrected chi connectivity index (χ0v) is 20.4. The van der Waals surface area contributed by atoms with Crippen LogP contribution in [0.3, 0.4) is 0 Å². The number of aromatic nitrogens is 2. The summed E-state index contributed by atoms with van der Waals surface area (Å²) in [6.45, 7) is 5.65. The summed E-state index contributed by atoms with van der Waals surface area (Å²) in [4.78, 5) is 20.5. The van der Waals surface area contributed by atoms with Crippen molar-refractivity contribution >= 4 is 17.3 Å². The van der Waals surface area contributed by atoms with Gasteiger partial charge in [0.25, 0.3) is 5.91 Å². The zero-order valence-electron chi connectivity index (χ0n) is 20.4. The first-order valence-electron chi connectivity index (χ1n) is 11.8. The molecule has 0 unspecified atom stereocenters. The molecule has 0 radical (unpaired) electrons.